The molecule has 0 bridgehead atoms. The molecule has 1 aromatic rings. The van der Waals surface area contributed by atoms with E-state index in [1.165, 1.54) is 12.0 Å². The van der Waals surface area contributed by atoms with E-state index in [0.717, 1.165) is 18.7 Å². The molecule has 1 fully saturated rings. The lowest BCUT2D eigenvalue weighted by Crippen LogP contribution is -2.48. The van der Waals surface area contributed by atoms with Crippen molar-refractivity contribution < 1.29 is 4.79 Å². The van der Waals surface area contributed by atoms with Crippen LogP contribution in [0.1, 0.15) is 31.7 Å². The van der Waals surface area contributed by atoms with Crippen molar-refractivity contribution >= 4 is 11.7 Å². The van der Waals surface area contributed by atoms with E-state index in [9.17, 15) is 4.79 Å². The molecule has 3 rings (SSSR count). The van der Waals surface area contributed by atoms with Gasteiger partial charge in [-0.2, -0.15) is 0 Å². The van der Waals surface area contributed by atoms with Crippen LogP contribution in [0.25, 0.3) is 0 Å². The minimum absolute atomic E-state index is 0.0261. The molecule has 1 amide bonds. The summed E-state index contributed by atoms with van der Waals surface area (Å²) in [7, 11) is 0. The summed E-state index contributed by atoms with van der Waals surface area (Å²) in [5.74, 6) is 0.912. The third kappa shape index (κ3) is 1.49. The van der Waals surface area contributed by atoms with Gasteiger partial charge in [0, 0.05) is 0 Å². The van der Waals surface area contributed by atoms with Gasteiger partial charge in [0.2, 0.25) is 5.91 Å². The van der Waals surface area contributed by atoms with Gasteiger partial charge in [0.25, 0.3) is 0 Å². The lowest BCUT2D eigenvalue weighted by Gasteiger charge is -2.42. The van der Waals surface area contributed by atoms with Gasteiger partial charge in [0.05, 0.1) is 5.41 Å². The molecular weight excluding hydrogens is 212 g/mol. The van der Waals surface area contributed by atoms with E-state index in [0.29, 0.717) is 0 Å². The maximum Gasteiger partial charge on any atom is 0.249 e. The highest BCUT2D eigenvalue weighted by molar-refractivity contribution is 6.10. The molecule has 3 heteroatoms. The lowest BCUT2D eigenvalue weighted by atomic mass is 9.63. The molecular formula is C14H16N2O. The predicted molar refractivity (Wildman–Crippen MR) is 67.0 cm³/mol. The molecule has 1 heterocycles. The van der Waals surface area contributed by atoms with Crippen molar-refractivity contribution in [2.45, 2.75) is 37.6 Å². The van der Waals surface area contributed by atoms with E-state index < -0.39 is 0 Å². The third-order valence-corrected chi connectivity index (χ3v) is 3.93. The Labute approximate surface area is 101 Å². The largest absolute Gasteiger partial charge is 0.312 e. The number of aliphatic imine (C=N–C) groups is 1. The SMILES string of the molecule is CC1N=C(C2(c3ccccc3)CCC2)NC1=O. The van der Waals surface area contributed by atoms with Crippen LogP contribution in [-0.2, 0) is 10.2 Å². The van der Waals surface area contributed by atoms with E-state index in [2.05, 4.69) is 34.6 Å². The molecule has 1 unspecified atom stereocenters. The lowest BCUT2D eigenvalue weighted by molar-refractivity contribution is -0.119. The van der Waals surface area contributed by atoms with E-state index in [4.69, 9.17) is 0 Å². The molecule has 3 nitrogen and oxygen atoms in total. The maximum atomic E-state index is 11.6. The first-order chi connectivity index (χ1) is 8.22. The first-order valence-corrected chi connectivity index (χ1v) is 6.17. The molecule has 1 aliphatic heterocycles. The highest BCUT2D eigenvalue weighted by Crippen LogP contribution is 2.45. The third-order valence-electron chi connectivity index (χ3n) is 3.93. The van der Waals surface area contributed by atoms with Crippen molar-refractivity contribution in [3.63, 3.8) is 0 Å². The van der Waals surface area contributed by atoms with Crippen molar-refractivity contribution in [3.8, 4) is 0 Å². The molecule has 1 saturated carbocycles. The number of benzene rings is 1. The molecule has 0 aromatic heterocycles. The van der Waals surface area contributed by atoms with E-state index in [-0.39, 0.29) is 17.4 Å². The van der Waals surface area contributed by atoms with Gasteiger partial charge in [-0.05, 0) is 25.3 Å². The number of carbonyl (C=O) groups is 1. The van der Waals surface area contributed by atoms with Crippen LogP contribution >= 0.6 is 0 Å². The number of nitrogens with one attached hydrogen (secondary N) is 1. The summed E-state index contributed by atoms with van der Waals surface area (Å²) < 4.78 is 0. The minimum Gasteiger partial charge on any atom is -0.312 e. The monoisotopic (exact) mass is 228 g/mol. The number of hydrogen-bond donors (Lipinski definition) is 1. The van der Waals surface area contributed by atoms with Crippen molar-refractivity contribution in [2.75, 3.05) is 0 Å². The number of amidine groups is 1. The molecule has 2 aliphatic rings. The van der Waals surface area contributed by atoms with Crippen LogP contribution in [0.4, 0.5) is 0 Å². The number of carbonyl (C=O) groups excluding carboxylic acids is 1. The quantitative estimate of drug-likeness (QED) is 0.826. The summed E-state index contributed by atoms with van der Waals surface area (Å²) in [4.78, 5) is 16.1. The normalized spacial score (nSPS) is 26.1. The Kier molecular flexibility index (Phi) is 2.28. The van der Waals surface area contributed by atoms with E-state index >= 15 is 0 Å². The topological polar surface area (TPSA) is 41.5 Å². The Balaban J connectivity index is 1.99. The second-order valence-corrected chi connectivity index (χ2v) is 4.94. The van der Waals surface area contributed by atoms with Crippen molar-refractivity contribution in [2.24, 2.45) is 4.99 Å². The Bertz CT molecular complexity index is 474. The zero-order chi connectivity index (χ0) is 11.9. The van der Waals surface area contributed by atoms with Crippen LogP contribution in [0, 0.1) is 0 Å². The van der Waals surface area contributed by atoms with Gasteiger partial charge in [-0.3, -0.25) is 9.79 Å². The van der Waals surface area contributed by atoms with E-state index in [1.807, 2.05) is 13.0 Å². The second kappa shape index (κ2) is 3.69. The van der Waals surface area contributed by atoms with Gasteiger partial charge in [-0.25, -0.2) is 0 Å². The number of hydrogen-bond acceptors (Lipinski definition) is 2. The van der Waals surface area contributed by atoms with Gasteiger partial charge in [0.15, 0.2) is 0 Å². The van der Waals surface area contributed by atoms with Crippen LogP contribution in [0.5, 0.6) is 0 Å². The highest BCUT2D eigenvalue weighted by atomic mass is 16.2. The zero-order valence-electron chi connectivity index (χ0n) is 9.94. The van der Waals surface area contributed by atoms with E-state index in [1.54, 1.807) is 0 Å². The van der Waals surface area contributed by atoms with Crippen LogP contribution in [-0.4, -0.2) is 17.8 Å². The Hall–Kier alpha value is -1.64. The average Bonchev–Trinajstić information content (AvgIpc) is 2.59. The number of nitrogens with zero attached hydrogens (tertiary/aromatic N) is 1. The number of rotatable bonds is 2. The zero-order valence-corrected chi connectivity index (χ0v) is 9.94. The fourth-order valence-corrected chi connectivity index (χ4v) is 2.70. The molecule has 1 N–H and O–H groups in total. The first-order valence-electron chi connectivity index (χ1n) is 6.17. The Morgan fingerprint density at radius 3 is 2.47 bits per heavy atom. The number of amides is 1. The Morgan fingerprint density at radius 1 is 1.29 bits per heavy atom. The van der Waals surface area contributed by atoms with Gasteiger partial charge in [-0.15, -0.1) is 0 Å². The standard InChI is InChI=1S/C14H16N2O/c1-10-12(17)16-13(15-10)14(8-5-9-14)11-6-3-2-4-7-11/h2-4,6-7,10H,5,8-9H2,1H3,(H,15,16,17). The molecule has 1 aromatic carbocycles. The predicted octanol–water partition coefficient (Wildman–Crippen LogP) is 2.03. The van der Waals surface area contributed by atoms with Crippen molar-refractivity contribution in [1.82, 2.24) is 5.32 Å². The second-order valence-electron chi connectivity index (χ2n) is 4.94. The smallest absolute Gasteiger partial charge is 0.249 e. The molecule has 0 spiro atoms. The first kappa shape index (κ1) is 10.5. The van der Waals surface area contributed by atoms with Crippen molar-refractivity contribution in [3.05, 3.63) is 35.9 Å². The van der Waals surface area contributed by atoms with Crippen LogP contribution in [0.2, 0.25) is 0 Å². The Morgan fingerprint density at radius 2 is 2.00 bits per heavy atom. The maximum absolute atomic E-state index is 11.6. The van der Waals surface area contributed by atoms with Gasteiger partial charge in [-0.1, -0.05) is 36.8 Å². The molecule has 0 saturated heterocycles. The summed E-state index contributed by atoms with van der Waals surface area (Å²) in [6.07, 6.45) is 3.38. The van der Waals surface area contributed by atoms with Crippen molar-refractivity contribution in [1.29, 1.82) is 0 Å². The molecule has 0 radical (unpaired) electrons. The molecule has 1 aliphatic carbocycles. The summed E-state index contributed by atoms with van der Waals surface area (Å²) in [6, 6.07) is 10.2. The molecule has 17 heavy (non-hydrogen) atoms. The molecule has 88 valence electrons. The summed E-state index contributed by atoms with van der Waals surface area (Å²) in [5.41, 5.74) is 1.25. The summed E-state index contributed by atoms with van der Waals surface area (Å²) in [5, 5.41) is 2.96. The van der Waals surface area contributed by atoms with Crippen LogP contribution in [0.3, 0.4) is 0 Å². The fourth-order valence-electron chi connectivity index (χ4n) is 2.70. The van der Waals surface area contributed by atoms with Crippen LogP contribution < -0.4 is 5.32 Å². The van der Waals surface area contributed by atoms with Gasteiger partial charge >= 0.3 is 0 Å². The molecule has 1 atom stereocenters. The van der Waals surface area contributed by atoms with Crippen LogP contribution in [0.15, 0.2) is 35.3 Å². The average molecular weight is 228 g/mol. The summed E-state index contributed by atoms with van der Waals surface area (Å²) >= 11 is 0. The minimum atomic E-state index is -0.230. The van der Waals surface area contributed by atoms with Gasteiger partial charge in [0.1, 0.15) is 11.9 Å². The highest BCUT2D eigenvalue weighted by Gasteiger charge is 2.46. The van der Waals surface area contributed by atoms with Gasteiger partial charge < -0.3 is 5.32 Å². The fraction of sp³-hybridized carbons (Fsp3) is 0.429. The summed E-state index contributed by atoms with van der Waals surface area (Å²) in [6.45, 7) is 1.85.